The summed E-state index contributed by atoms with van der Waals surface area (Å²) in [7, 11) is 1.63. The molecule has 0 spiro atoms. The largest absolute Gasteiger partial charge is 0.492 e. The minimum absolute atomic E-state index is 0.0874. The summed E-state index contributed by atoms with van der Waals surface area (Å²) in [5.41, 5.74) is 1.69. The van der Waals surface area contributed by atoms with Gasteiger partial charge in [0.15, 0.2) is 17.8 Å². The van der Waals surface area contributed by atoms with E-state index in [0.717, 1.165) is 46.1 Å². The molecule has 0 bridgehead atoms. The minimum Gasteiger partial charge on any atom is -0.492 e. The molecule has 1 aliphatic rings. The highest BCUT2D eigenvalue weighted by Gasteiger charge is 2.28. The molecule has 3 nitrogen and oxygen atoms in total. The minimum atomic E-state index is 0.0874. The molecule has 3 heteroatoms. The van der Waals surface area contributed by atoms with E-state index in [9.17, 15) is 4.79 Å². The number of carbonyl (C=O) groups is 1. The molecule has 2 aromatic carbocycles. The van der Waals surface area contributed by atoms with Crippen molar-refractivity contribution in [3.05, 3.63) is 35.4 Å². The van der Waals surface area contributed by atoms with Crippen molar-refractivity contribution in [1.82, 2.24) is 0 Å². The summed E-state index contributed by atoms with van der Waals surface area (Å²) in [4.78, 5) is 11.4. The first kappa shape index (κ1) is 11.1. The molecule has 18 heavy (non-hydrogen) atoms. The molecule has 92 valence electrons. The molecular weight excluding hydrogens is 228 g/mol. The topological polar surface area (TPSA) is 35.5 Å². The van der Waals surface area contributed by atoms with Gasteiger partial charge in [0.2, 0.25) is 0 Å². The van der Waals surface area contributed by atoms with E-state index in [2.05, 4.69) is 0 Å². The molecule has 0 amide bonds. The number of hydrogen-bond donors (Lipinski definition) is 0. The zero-order valence-corrected chi connectivity index (χ0v) is 10.4. The Morgan fingerprint density at radius 2 is 2.06 bits per heavy atom. The van der Waals surface area contributed by atoms with Crippen LogP contribution in [0, 0.1) is 0 Å². The van der Waals surface area contributed by atoms with Gasteiger partial charge in [-0.25, -0.2) is 0 Å². The van der Waals surface area contributed by atoms with E-state index in [1.54, 1.807) is 7.11 Å². The molecule has 0 aromatic heterocycles. The normalized spacial score (nSPS) is 17.3. The highest BCUT2D eigenvalue weighted by atomic mass is 16.5. The Kier molecular flexibility index (Phi) is 2.47. The average Bonchev–Trinajstić information content (AvgIpc) is 2.76. The van der Waals surface area contributed by atoms with Gasteiger partial charge in [0.25, 0.3) is 0 Å². The molecule has 0 N–H and O–H groups in total. The van der Waals surface area contributed by atoms with Gasteiger partial charge in [0.1, 0.15) is 6.10 Å². The van der Waals surface area contributed by atoms with Crippen LogP contribution in [0.3, 0.4) is 0 Å². The number of ether oxygens (including phenoxy) is 2. The lowest BCUT2D eigenvalue weighted by Gasteiger charge is -2.13. The Hall–Kier alpha value is -2.03. The molecule has 0 radical (unpaired) electrons. The molecule has 0 fully saturated rings. The third-order valence-electron chi connectivity index (χ3n) is 3.40. The smallest absolute Gasteiger partial charge is 0.168 e. The molecule has 1 atom stereocenters. The lowest BCUT2D eigenvalue weighted by atomic mass is 9.96. The molecule has 0 saturated carbocycles. The number of benzene rings is 2. The fourth-order valence-corrected chi connectivity index (χ4v) is 2.66. The van der Waals surface area contributed by atoms with Crippen LogP contribution in [-0.4, -0.2) is 19.5 Å². The quantitative estimate of drug-likeness (QED) is 0.759. The number of hydrogen-bond acceptors (Lipinski definition) is 3. The lowest BCUT2D eigenvalue weighted by Crippen LogP contribution is -2.05. The van der Waals surface area contributed by atoms with Crippen LogP contribution in [0.5, 0.6) is 11.5 Å². The summed E-state index contributed by atoms with van der Waals surface area (Å²) >= 11 is 0. The van der Waals surface area contributed by atoms with Crippen molar-refractivity contribution in [3.8, 4) is 11.5 Å². The van der Waals surface area contributed by atoms with Crippen LogP contribution in [0.1, 0.15) is 22.8 Å². The van der Waals surface area contributed by atoms with E-state index in [4.69, 9.17) is 9.47 Å². The van der Waals surface area contributed by atoms with Crippen molar-refractivity contribution in [3.63, 3.8) is 0 Å². The van der Waals surface area contributed by atoms with Crippen molar-refractivity contribution in [2.24, 2.45) is 0 Å². The van der Waals surface area contributed by atoms with Gasteiger partial charge < -0.3 is 9.47 Å². The van der Waals surface area contributed by atoms with Crippen LogP contribution >= 0.6 is 0 Å². The first-order valence-corrected chi connectivity index (χ1v) is 5.99. The molecule has 0 aliphatic carbocycles. The summed E-state index contributed by atoms with van der Waals surface area (Å²) in [6.07, 6.45) is 1.76. The molecular formula is C15H14O3. The number of rotatable bonds is 2. The van der Waals surface area contributed by atoms with Gasteiger partial charge in [0.05, 0.1) is 7.11 Å². The van der Waals surface area contributed by atoms with Crippen molar-refractivity contribution in [1.29, 1.82) is 0 Å². The van der Waals surface area contributed by atoms with Gasteiger partial charge >= 0.3 is 0 Å². The molecule has 0 saturated heterocycles. The maximum atomic E-state index is 11.4. The first-order chi connectivity index (χ1) is 8.76. The number of aldehydes is 1. The van der Waals surface area contributed by atoms with E-state index in [1.807, 2.05) is 31.2 Å². The highest BCUT2D eigenvalue weighted by molar-refractivity contribution is 6.04. The van der Waals surface area contributed by atoms with Crippen molar-refractivity contribution >= 4 is 17.1 Å². The molecule has 1 heterocycles. The Morgan fingerprint density at radius 1 is 1.33 bits per heavy atom. The van der Waals surface area contributed by atoms with Crippen LogP contribution in [0.4, 0.5) is 0 Å². The fourth-order valence-electron chi connectivity index (χ4n) is 2.66. The summed E-state index contributed by atoms with van der Waals surface area (Å²) < 4.78 is 11.3. The van der Waals surface area contributed by atoms with Gasteiger partial charge in [0, 0.05) is 22.9 Å². The van der Waals surface area contributed by atoms with Crippen LogP contribution in [-0.2, 0) is 6.42 Å². The Bertz CT molecular complexity index is 631. The summed E-state index contributed by atoms with van der Waals surface area (Å²) in [5.74, 6) is 1.46. The van der Waals surface area contributed by atoms with E-state index in [-0.39, 0.29) is 6.10 Å². The zero-order chi connectivity index (χ0) is 12.7. The molecule has 1 unspecified atom stereocenters. The summed E-state index contributed by atoms with van der Waals surface area (Å²) in [5, 5.41) is 1.86. The van der Waals surface area contributed by atoms with Gasteiger partial charge in [-0.15, -0.1) is 0 Å². The Balaban J connectivity index is 2.45. The number of fused-ring (bicyclic) bond motifs is 2. The van der Waals surface area contributed by atoms with Crippen molar-refractivity contribution < 1.29 is 14.3 Å². The SMILES string of the molecule is COc1c2c(c(C=O)c3ccccc13)CC(C)O2. The second kappa shape index (κ2) is 4.02. The monoisotopic (exact) mass is 242 g/mol. The van der Waals surface area contributed by atoms with Crippen LogP contribution in [0.25, 0.3) is 10.8 Å². The van der Waals surface area contributed by atoms with E-state index in [0.29, 0.717) is 0 Å². The molecule has 1 aliphatic heterocycles. The van der Waals surface area contributed by atoms with E-state index in [1.165, 1.54) is 0 Å². The first-order valence-electron chi connectivity index (χ1n) is 5.99. The van der Waals surface area contributed by atoms with E-state index < -0.39 is 0 Å². The third kappa shape index (κ3) is 1.40. The predicted octanol–water partition coefficient (Wildman–Crippen LogP) is 2.98. The van der Waals surface area contributed by atoms with Crippen molar-refractivity contribution in [2.45, 2.75) is 19.4 Å². The maximum Gasteiger partial charge on any atom is 0.168 e. The molecule has 2 aromatic rings. The Labute approximate surface area is 105 Å². The van der Waals surface area contributed by atoms with Crippen LogP contribution in [0.15, 0.2) is 24.3 Å². The van der Waals surface area contributed by atoms with Gasteiger partial charge in [-0.2, -0.15) is 0 Å². The predicted molar refractivity (Wildman–Crippen MR) is 69.7 cm³/mol. The highest BCUT2D eigenvalue weighted by Crippen LogP contribution is 2.45. The third-order valence-corrected chi connectivity index (χ3v) is 3.40. The second-order valence-electron chi connectivity index (χ2n) is 4.55. The Morgan fingerprint density at radius 3 is 2.72 bits per heavy atom. The number of methoxy groups -OCH3 is 1. The van der Waals surface area contributed by atoms with E-state index >= 15 is 0 Å². The van der Waals surface area contributed by atoms with Crippen LogP contribution in [0.2, 0.25) is 0 Å². The maximum absolute atomic E-state index is 11.4. The lowest BCUT2D eigenvalue weighted by molar-refractivity contribution is 0.112. The van der Waals surface area contributed by atoms with Crippen molar-refractivity contribution in [2.75, 3.05) is 7.11 Å². The fraction of sp³-hybridized carbons (Fsp3) is 0.267. The number of carbonyl (C=O) groups excluding carboxylic acids is 1. The van der Waals surface area contributed by atoms with Crippen LogP contribution < -0.4 is 9.47 Å². The van der Waals surface area contributed by atoms with Gasteiger partial charge in [-0.05, 0) is 12.3 Å². The summed E-state index contributed by atoms with van der Waals surface area (Å²) in [6, 6.07) is 7.77. The van der Waals surface area contributed by atoms with Gasteiger partial charge in [-0.1, -0.05) is 24.3 Å². The standard InChI is InChI=1S/C15H14O3/c1-9-7-12-13(8-16)10-5-3-4-6-11(10)14(17-2)15(12)18-9/h3-6,8-9H,7H2,1-2H3. The summed E-state index contributed by atoms with van der Waals surface area (Å²) in [6.45, 7) is 2.00. The average molecular weight is 242 g/mol. The molecule has 3 rings (SSSR count). The zero-order valence-electron chi connectivity index (χ0n) is 10.4. The van der Waals surface area contributed by atoms with Gasteiger partial charge in [-0.3, -0.25) is 4.79 Å². The second-order valence-corrected chi connectivity index (χ2v) is 4.55.